The maximum Gasteiger partial charge on any atom is 0.378 e. The lowest BCUT2D eigenvalue weighted by molar-refractivity contribution is -0.128. The third-order valence-corrected chi connectivity index (χ3v) is 3.36. The van der Waals surface area contributed by atoms with Crippen LogP contribution in [0.3, 0.4) is 0 Å². The first-order chi connectivity index (χ1) is 11.4. The predicted octanol–water partition coefficient (Wildman–Crippen LogP) is 4.68. The Morgan fingerprint density at radius 1 is 0.960 bits per heavy atom. The number of phenols is 1. The van der Waals surface area contributed by atoms with E-state index in [9.17, 15) is 40.6 Å². The number of nitrogens with one attached hydrogen (secondary N) is 1. The molecule has 11 heteroatoms. The quantitative estimate of drug-likeness (QED) is 0.243. The smallest absolute Gasteiger partial charge is 0.378 e. The van der Waals surface area contributed by atoms with Crippen molar-refractivity contribution in [2.45, 2.75) is 4.83 Å². The number of alkyl halides is 3. The van der Waals surface area contributed by atoms with Gasteiger partial charge in [-0.3, -0.25) is 4.79 Å². The van der Waals surface area contributed by atoms with E-state index in [2.05, 4.69) is 0 Å². The fraction of sp³-hybridized carbons (Fsp3) is 0.0714. The van der Waals surface area contributed by atoms with Gasteiger partial charge in [-0.25, -0.2) is 22.0 Å². The van der Waals surface area contributed by atoms with Crippen LogP contribution in [0.2, 0.25) is 0 Å². The Kier molecular flexibility index (Phi) is 4.98. The van der Waals surface area contributed by atoms with Crippen LogP contribution in [-0.2, 0) is 4.79 Å². The summed E-state index contributed by atoms with van der Waals surface area (Å²) in [5, 5.41) is 11.1. The van der Waals surface area contributed by atoms with Crippen molar-refractivity contribution < 1.29 is 40.6 Å². The lowest BCUT2D eigenvalue weighted by Gasteiger charge is -2.13. The molecule has 0 atom stereocenters. The number of anilines is 1. The summed E-state index contributed by atoms with van der Waals surface area (Å²) in [5.74, 6) is -13.8. The zero-order valence-corrected chi connectivity index (χ0v) is 13.2. The first-order valence-electron chi connectivity index (χ1n) is 6.18. The third kappa shape index (κ3) is 3.55. The van der Waals surface area contributed by atoms with Gasteiger partial charge in [0.2, 0.25) is 5.82 Å². The van der Waals surface area contributed by atoms with Crippen LogP contribution in [0, 0.1) is 29.1 Å². The fourth-order valence-corrected chi connectivity index (χ4v) is 1.94. The van der Waals surface area contributed by atoms with Gasteiger partial charge in [-0.15, -0.1) is 0 Å². The number of carbonyl (C=O) groups is 1. The van der Waals surface area contributed by atoms with Crippen molar-refractivity contribution in [3.8, 4) is 16.9 Å². The van der Waals surface area contributed by atoms with E-state index < -0.39 is 62.4 Å². The Hall–Kier alpha value is -2.30. The molecular formula is C14H5BrF7NO2. The molecule has 2 N–H and O–H groups in total. The molecule has 0 spiro atoms. The number of halogens is 8. The van der Waals surface area contributed by atoms with Crippen LogP contribution in [0.1, 0.15) is 0 Å². The second-order valence-corrected chi connectivity index (χ2v) is 5.62. The van der Waals surface area contributed by atoms with Gasteiger partial charge in [0, 0.05) is 15.9 Å². The highest BCUT2D eigenvalue weighted by Gasteiger charge is 2.35. The molecule has 0 bridgehead atoms. The van der Waals surface area contributed by atoms with Crippen LogP contribution in [0.5, 0.6) is 5.75 Å². The number of aromatic hydroxyl groups is 1. The van der Waals surface area contributed by atoms with E-state index in [1.165, 1.54) is 0 Å². The lowest BCUT2D eigenvalue weighted by Crippen LogP contribution is -2.28. The molecule has 0 saturated heterocycles. The number of phenolic OH excluding ortho intramolecular Hbond substituents is 1. The van der Waals surface area contributed by atoms with Crippen molar-refractivity contribution in [2.75, 3.05) is 5.32 Å². The SMILES string of the molecule is O=C(Nc1cc(-c2c(F)c(F)c(F)c(F)c2F)ccc1O)C(F)(F)Br. The van der Waals surface area contributed by atoms with E-state index in [0.29, 0.717) is 6.07 Å². The predicted molar refractivity (Wildman–Crippen MR) is 75.8 cm³/mol. The maximum atomic E-state index is 13.8. The van der Waals surface area contributed by atoms with E-state index >= 15 is 0 Å². The highest BCUT2D eigenvalue weighted by Crippen LogP contribution is 2.36. The Morgan fingerprint density at radius 3 is 1.92 bits per heavy atom. The molecular weight excluding hydrogens is 427 g/mol. The minimum absolute atomic E-state index is 0.574. The molecule has 1 amide bonds. The topological polar surface area (TPSA) is 49.3 Å². The largest absolute Gasteiger partial charge is 0.506 e. The Bertz CT molecular complexity index is 838. The summed E-state index contributed by atoms with van der Waals surface area (Å²) >= 11 is 1.75. The van der Waals surface area contributed by atoms with E-state index in [1.807, 2.05) is 0 Å². The summed E-state index contributed by atoms with van der Waals surface area (Å²) in [6, 6.07) is 2.06. The number of amides is 1. The molecule has 0 aliphatic rings. The lowest BCUT2D eigenvalue weighted by atomic mass is 10.0. The third-order valence-electron chi connectivity index (χ3n) is 3.00. The Morgan fingerprint density at radius 2 is 1.44 bits per heavy atom. The molecule has 0 unspecified atom stereocenters. The van der Waals surface area contributed by atoms with E-state index in [0.717, 1.165) is 12.1 Å². The molecule has 0 heterocycles. The summed E-state index contributed by atoms with van der Waals surface area (Å²) in [7, 11) is 0. The average molecular weight is 432 g/mol. The minimum atomic E-state index is -4.03. The zero-order chi connectivity index (χ0) is 19.1. The summed E-state index contributed by atoms with van der Waals surface area (Å²) < 4.78 is 92.7. The van der Waals surface area contributed by atoms with Crippen molar-refractivity contribution in [1.82, 2.24) is 0 Å². The number of hydrogen-bond donors (Lipinski definition) is 2. The van der Waals surface area contributed by atoms with Crippen LogP contribution in [0.25, 0.3) is 11.1 Å². The molecule has 2 aromatic carbocycles. The number of benzene rings is 2. The van der Waals surface area contributed by atoms with Crippen molar-refractivity contribution in [1.29, 1.82) is 0 Å². The second kappa shape index (κ2) is 6.54. The van der Waals surface area contributed by atoms with E-state index in [-0.39, 0.29) is 0 Å². The maximum absolute atomic E-state index is 13.8. The van der Waals surface area contributed by atoms with Crippen molar-refractivity contribution in [2.24, 2.45) is 0 Å². The molecule has 0 aliphatic carbocycles. The van der Waals surface area contributed by atoms with Crippen LogP contribution in [-0.4, -0.2) is 15.8 Å². The molecule has 134 valence electrons. The Labute approximate surface area is 143 Å². The monoisotopic (exact) mass is 431 g/mol. The van der Waals surface area contributed by atoms with Crippen molar-refractivity contribution in [3.05, 3.63) is 47.3 Å². The average Bonchev–Trinajstić information content (AvgIpc) is 2.53. The first kappa shape index (κ1) is 19.0. The zero-order valence-electron chi connectivity index (χ0n) is 11.6. The molecule has 0 aromatic heterocycles. The highest BCUT2D eigenvalue weighted by atomic mass is 79.9. The van der Waals surface area contributed by atoms with Crippen LogP contribution in [0.4, 0.5) is 36.4 Å². The molecule has 0 fully saturated rings. The van der Waals surface area contributed by atoms with Crippen LogP contribution >= 0.6 is 15.9 Å². The van der Waals surface area contributed by atoms with Crippen molar-refractivity contribution >= 4 is 27.5 Å². The number of hydrogen-bond acceptors (Lipinski definition) is 2. The molecule has 0 aliphatic heterocycles. The van der Waals surface area contributed by atoms with Gasteiger partial charge in [0.1, 0.15) is 5.75 Å². The first-order valence-corrected chi connectivity index (χ1v) is 6.97. The van der Waals surface area contributed by atoms with Gasteiger partial charge in [0.15, 0.2) is 23.3 Å². The minimum Gasteiger partial charge on any atom is -0.506 e. The summed E-state index contributed by atoms with van der Waals surface area (Å²) in [6.07, 6.45) is 0. The molecule has 3 nitrogen and oxygen atoms in total. The van der Waals surface area contributed by atoms with Gasteiger partial charge in [0.05, 0.1) is 11.3 Å². The summed E-state index contributed by atoms with van der Waals surface area (Å²) in [4.78, 5) is 7.16. The van der Waals surface area contributed by atoms with Crippen LogP contribution in [0.15, 0.2) is 18.2 Å². The summed E-state index contributed by atoms with van der Waals surface area (Å²) in [5.41, 5.74) is -2.73. The standard InChI is InChI=1S/C14H5BrF7NO2/c15-14(21,22)13(25)23-5-3-4(1-2-6(5)24)7-8(16)10(18)12(20)11(19)9(7)17/h1-3,24H,(H,23,25). The van der Waals surface area contributed by atoms with E-state index in [4.69, 9.17) is 0 Å². The fourth-order valence-electron chi connectivity index (χ4n) is 1.84. The molecule has 0 radical (unpaired) electrons. The second-order valence-electron chi connectivity index (χ2n) is 4.63. The molecule has 2 aromatic rings. The Balaban J connectivity index is 2.60. The molecule has 2 rings (SSSR count). The summed E-state index contributed by atoms with van der Waals surface area (Å²) in [6.45, 7) is 0. The number of rotatable bonds is 3. The van der Waals surface area contributed by atoms with Crippen molar-refractivity contribution in [3.63, 3.8) is 0 Å². The van der Waals surface area contributed by atoms with Gasteiger partial charge >= 0.3 is 10.7 Å². The highest BCUT2D eigenvalue weighted by molar-refractivity contribution is 9.10. The molecule has 25 heavy (non-hydrogen) atoms. The normalized spacial score (nSPS) is 11.5. The molecule has 0 saturated carbocycles. The van der Waals surface area contributed by atoms with Gasteiger partial charge in [-0.2, -0.15) is 8.78 Å². The van der Waals surface area contributed by atoms with Gasteiger partial charge in [-0.05, 0) is 17.7 Å². The van der Waals surface area contributed by atoms with Gasteiger partial charge in [0.25, 0.3) is 0 Å². The van der Waals surface area contributed by atoms with Gasteiger partial charge in [-0.1, -0.05) is 6.07 Å². The van der Waals surface area contributed by atoms with Crippen LogP contribution < -0.4 is 5.32 Å². The number of carbonyl (C=O) groups excluding carboxylic acids is 1. The van der Waals surface area contributed by atoms with Gasteiger partial charge < -0.3 is 10.4 Å². The van der Waals surface area contributed by atoms with E-state index in [1.54, 1.807) is 21.2 Å².